The molecule has 0 saturated carbocycles. The molecule has 0 heterocycles. The molecular weight excluding hydrogens is 513 g/mol. The van der Waals surface area contributed by atoms with Crippen LogP contribution < -0.4 is 10.1 Å². The molecule has 4 aromatic carbocycles. The highest BCUT2D eigenvalue weighted by atomic mass is 32.2. The van der Waals surface area contributed by atoms with Gasteiger partial charge >= 0.3 is 0 Å². The Labute approximate surface area is 216 Å². The summed E-state index contributed by atoms with van der Waals surface area (Å²) in [7, 11) is -7.47. The number of benzene rings is 4. The van der Waals surface area contributed by atoms with Gasteiger partial charge in [0, 0.05) is 18.7 Å². The van der Waals surface area contributed by atoms with Crippen LogP contribution >= 0.6 is 0 Å². The second-order valence-electron chi connectivity index (χ2n) is 8.41. The predicted molar refractivity (Wildman–Crippen MR) is 138 cm³/mol. The molecular formula is C28H26FNO5S2. The molecule has 192 valence electrons. The van der Waals surface area contributed by atoms with Gasteiger partial charge in [-0.05, 0) is 54.4 Å². The fraction of sp³-hybridized carbons (Fsp3) is 0.143. The molecule has 0 aromatic heterocycles. The van der Waals surface area contributed by atoms with Gasteiger partial charge in [0.05, 0.1) is 21.8 Å². The summed E-state index contributed by atoms with van der Waals surface area (Å²) in [5.74, 6) is -0.850. The summed E-state index contributed by atoms with van der Waals surface area (Å²) in [5, 5.41) is 3.39. The molecule has 0 bridgehead atoms. The van der Waals surface area contributed by atoms with Crippen molar-refractivity contribution in [1.29, 1.82) is 0 Å². The third-order valence-electron chi connectivity index (χ3n) is 6.00. The largest absolute Gasteiger partial charge is 0.497 e. The third kappa shape index (κ3) is 5.58. The average Bonchev–Trinajstić information content (AvgIpc) is 2.92. The molecule has 1 unspecified atom stereocenters. The quantitative estimate of drug-likeness (QED) is 0.308. The van der Waals surface area contributed by atoms with Gasteiger partial charge in [0.1, 0.15) is 16.5 Å². The molecule has 4 rings (SSSR count). The topological polar surface area (TPSA) is 89.5 Å². The minimum atomic E-state index is -4.52. The fourth-order valence-corrected chi connectivity index (χ4v) is 7.28. The fourth-order valence-electron chi connectivity index (χ4n) is 3.88. The summed E-state index contributed by atoms with van der Waals surface area (Å²) < 4.78 is 73.5. The van der Waals surface area contributed by atoms with Crippen molar-refractivity contribution in [2.75, 3.05) is 7.11 Å². The van der Waals surface area contributed by atoms with Crippen LogP contribution in [0.2, 0.25) is 0 Å². The molecule has 0 fully saturated rings. The summed E-state index contributed by atoms with van der Waals surface area (Å²) >= 11 is 0. The molecule has 9 heteroatoms. The van der Waals surface area contributed by atoms with Crippen molar-refractivity contribution in [2.24, 2.45) is 0 Å². The van der Waals surface area contributed by atoms with Gasteiger partial charge in [0.25, 0.3) is 0 Å². The van der Waals surface area contributed by atoms with E-state index in [1.807, 2.05) is 37.3 Å². The zero-order valence-electron chi connectivity index (χ0n) is 20.3. The van der Waals surface area contributed by atoms with E-state index in [-0.39, 0.29) is 16.7 Å². The lowest BCUT2D eigenvalue weighted by molar-refractivity contribution is 0.412. The number of halogens is 1. The van der Waals surface area contributed by atoms with E-state index in [0.717, 1.165) is 29.3 Å². The zero-order valence-corrected chi connectivity index (χ0v) is 21.9. The van der Waals surface area contributed by atoms with Gasteiger partial charge in [0.15, 0.2) is 0 Å². The number of rotatable bonds is 9. The molecule has 0 aliphatic heterocycles. The zero-order chi connectivity index (χ0) is 26.6. The van der Waals surface area contributed by atoms with Crippen molar-refractivity contribution in [3.8, 4) is 5.75 Å². The molecule has 1 N–H and O–H groups in total. The van der Waals surface area contributed by atoms with Crippen LogP contribution in [0.3, 0.4) is 0 Å². The van der Waals surface area contributed by atoms with E-state index in [2.05, 4.69) is 5.32 Å². The number of hydrogen-bond acceptors (Lipinski definition) is 6. The monoisotopic (exact) mass is 539 g/mol. The average molecular weight is 540 g/mol. The third-order valence-corrected chi connectivity index (χ3v) is 9.79. The Morgan fingerprint density at radius 2 is 1.41 bits per heavy atom. The first kappa shape index (κ1) is 26.5. The van der Waals surface area contributed by atoms with E-state index >= 15 is 0 Å². The lowest BCUT2D eigenvalue weighted by Gasteiger charge is -2.16. The van der Waals surface area contributed by atoms with E-state index in [0.29, 0.717) is 6.54 Å². The summed E-state index contributed by atoms with van der Waals surface area (Å²) in [6.07, 6.45) is 0. The highest BCUT2D eigenvalue weighted by Gasteiger charge is 2.31. The summed E-state index contributed by atoms with van der Waals surface area (Å²) in [6, 6.07) is 24.5. The number of hydrogen-bond donors (Lipinski definition) is 1. The van der Waals surface area contributed by atoms with Crippen molar-refractivity contribution in [2.45, 2.75) is 39.1 Å². The van der Waals surface area contributed by atoms with Gasteiger partial charge in [0.2, 0.25) is 19.7 Å². The Morgan fingerprint density at radius 3 is 2.05 bits per heavy atom. The van der Waals surface area contributed by atoms with Crippen LogP contribution in [-0.2, 0) is 26.2 Å². The lowest BCUT2D eigenvalue weighted by atomic mass is 10.1. The van der Waals surface area contributed by atoms with Gasteiger partial charge in [-0.3, -0.25) is 0 Å². The number of methoxy groups -OCH3 is 1. The molecule has 1 atom stereocenters. The highest BCUT2D eigenvalue weighted by molar-refractivity contribution is 7.94. The highest BCUT2D eigenvalue weighted by Crippen LogP contribution is 2.34. The number of ether oxygens (including phenoxy) is 1. The summed E-state index contributed by atoms with van der Waals surface area (Å²) in [6.45, 7) is 2.61. The Balaban J connectivity index is 1.68. The first-order chi connectivity index (χ1) is 17.6. The Hall–Kier alpha value is -3.53. The van der Waals surface area contributed by atoms with Crippen LogP contribution in [0.15, 0.2) is 117 Å². The van der Waals surface area contributed by atoms with Crippen LogP contribution in [0, 0.1) is 5.82 Å². The second kappa shape index (κ2) is 10.8. The van der Waals surface area contributed by atoms with Crippen molar-refractivity contribution in [3.05, 3.63) is 114 Å². The molecule has 37 heavy (non-hydrogen) atoms. The minimum absolute atomic E-state index is 0.0602. The summed E-state index contributed by atoms with van der Waals surface area (Å²) in [5.41, 5.74) is 1.99. The van der Waals surface area contributed by atoms with Gasteiger partial charge in [-0.2, -0.15) is 0 Å². The van der Waals surface area contributed by atoms with Crippen molar-refractivity contribution >= 4 is 19.7 Å². The second-order valence-corrected chi connectivity index (χ2v) is 12.2. The lowest BCUT2D eigenvalue weighted by Crippen LogP contribution is -2.18. The van der Waals surface area contributed by atoms with E-state index in [1.165, 1.54) is 43.5 Å². The van der Waals surface area contributed by atoms with Crippen molar-refractivity contribution in [1.82, 2.24) is 5.32 Å². The van der Waals surface area contributed by atoms with Crippen LogP contribution in [0.5, 0.6) is 5.75 Å². The first-order valence-corrected chi connectivity index (χ1v) is 14.4. The maximum Gasteiger partial charge on any atom is 0.210 e. The molecule has 0 spiro atoms. The van der Waals surface area contributed by atoms with E-state index in [9.17, 15) is 21.2 Å². The molecule has 0 aliphatic carbocycles. The Bertz CT molecular complexity index is 1600. The predicted octanol–water partition coefficient (Wildman–Crippen LogP) is 5.35. The number of nitrogens with one attached hydrogen (secondary N) is 1. The first-order valence-electron chi connectivity index (χ1n) is 11.4. The van der Waals surface area contributed by atoms with E-state index in [4.69, 9.17) is 4.74 Å². The van der Waals surface area contributed by atoms with Crippen molar-refractivity contribution in [3.63, 3.8) is 0 Å². The van der Waals surface area contributed by atoms with E-state index in [1.54, 1.807) is 12.1 Å². The maximum absolute atomic E-state index is 14.4. The van der Waals surface area contributed by atoms with Crippen LogP contribution in [0.25, 0.3) is 0 Å². The van der Waals surface area contributed by atoms with Gasteiger partial charge in [-0.25, -0.2) is 21.2 Å². The smallest absolute Gasteiger partial charge is 0.210 e. The minimum Gasteiger partial charge on any atom is -0.497 e. The molecule has 6 nitrogen and oxygen atoms in total. The van der Waals surface area contributed by atoms with Gasteiger partial charge in [-0.1, -0.05) is 54.6 Å². The molecule has 4 aromatic rings. The molecule has 0 radical (unpaired) electrons. The van der Waals surface area contributed by atoms with Crippen LogP contribution in [-0.4, -0.2) is 23.9 Å². The van der Waals surface area contributed by atoms with Crippen LogP contribution in [0.4, 0.5) is 4.39 Å². The molecule has 0 aliphatic rings. The molecule has 0 amide bonds. The Kier molecular flexibility index (Phi) is 7.77. The normalized spacial score (nSPS) is 12.7. The number of sulfone groups is 2. The Morgan fingerprint density at radius 1 is 0.757 bits per heavy atom. The standard InChI is InChI=1S/C28H26FNO5S2/c1-20(30-19-21-8-4-3-5-9-21)22-12-15-24(16-13-22)36(31,32)27-17-14-23(35-2)18-28(27)37(33,34)26-11-7-6-10-25(26)29/h3-18,20,30H,19H2,1-2H3. The van der Waals surface area contributed by atoms with Gasteiger partial charge < -0.3 is 10.1 Å². The summed E-state index contributed by atoms with van der Waals surface area (Å²) in [4.78, 5) is -1.71. The van der Waals surface area contributed by atoms with Gasteiger partial charge in [-0.15, -0.1) is 0 Å². The molecule has 0 saturated heterocycles. The van der Waals surface area contributed by atoms with Crippen LogP contribution in [0.1, 0.15) is 24.1 Å². The van der Waals surface area contributed by atoms with Crippen molar-refractivity contribution < 1.29 is 26.0 Å². The van der Waals surface area contributed by atoms with E-state index < -0.39 is 40.2 Å². The maximum atomic E-state index is 14.4. The SMILES string of the molecule is COc1ccc(S(=O)(=O)c2ccc(C(C)NCc3ccccc3)cc2)c(S(=O)(=O)c2ccccc2F)c1.